The Balaban J connectivity index is 1.25. The molecule has 0 aliphatic carbocycles. The largest absolute Gasteiger partial charge is 0.489 e. The van der Waals surface area contributed by atoms with Crippen molar-refractivity contribution in [1.82, 2.24) is 4.90 Å². The summed E-state index contributed by atoms with van der Waals surface area (Å²) in [5, 5.41) is 10.0. The van der Waals surface area contributed by atoms with E-state index in [1.54, 1.807) is 0 Å². The number of hydrogen-bond acceptors (Lipinski definition) is 3. The normalized spacial score (nSPS) is 16.2. The van der Waals surface area contributed by atoms with Crippen LogP contribution in [-0.4, -0.2) is 35.7 Å². The summed E-state index contributed by atoms with van der Waals surface area (Å²) in [7, 11) is 0. The average molecular weight is 416 g/mol. The molecule has 0 aromatic heterocycles. The third-order valence-corrected chi connectivity index (χ3v) is 6.39. The zero-order chi connectivity index (χ0) is 21.3. The van der Waals surface area contributed by atoms with Gasteiger partial charge in [0.25, 0.3) is 0 Å². The molecule has 1 unspecified atom stereocenters. The molecule has 1 heterocycles. The highest BCUT2D eigenvalue weighted by atomic mass is 16.5. The highest BCUT2D eigenvalue weighted by Gasteiger charge is 2.25. The molecule has 1 atom stereocenters. The van der Waals surface area contributed by atoms with Crippen molar-refractivity contribution < 1.29 is 9.84 Å². The molecule has 4 rings (SSSR count). The van der Waals surface area contributed by atoms with Gasteiger partial charge < -0.3 is 9.84 Å². The topological polar surface area (TPSA) is 32.7 Å². The summed E-state index contributed by atoms with van der Waals surface area (Å²) in [5.41, 5.74) is 3.86. The maximum Gasteiger partial charge on any atom is 0.119 e. The highest BCUT2D eigenvalue weighted by molar-refractivity contribution is 5.28. The lowest BCUT2D eigenvalue weighted by Gasteiger charge is -2.37. The monoisotopic (exact) mass is 415 g/mol. The van der Waals surface area contributed by atoms with Crippen LogP contribution in [0.15, 0.2) is 84.9 Å². The van der Waals surface area contributed by atoms with Crippen LogP contribution in [-0.2, 0) is 19.4 Å². The van der Waals surface area contributed by atoms with Crippen LogP contribution in [0.5, 0.6) is 5.75 Å². The number of aliphatic hydroxyl groups excluding tert-OH is 1. The van der Waals surface area contributed by atoms with Crippen molar-refractivity contribution in [2.75, 3.05) is 19.7 Å². The van der Waals surface area contributed by atoms with Gasteiger partial charge in [0.05, 0.1) is 6.61 Å². The Hall–Kier alpha value is -2.62. The SMILES string of the molecule is OCC(Cc1ccc(OCc2ccccc2)cc1)N1CCC(Cc2ccccc2)CC1. The maximum atomic E-state index is 10.0. The number of aliphatic hydroxyl groups is 1. The van der Waals surface area contributed by atoms with E-state index in [1.807, 2.05) is 30.3 Å². The Labute approximate surface area is 186 Å². The molecule has 1 saturated heterocycles. The molecule has 0 spiro atoms. The van der Waals surface area contributed by atoms with E-state index < -0.39 is 0 Å². The van der Waals surface area contributed by atoms with Crippen molar-refractivity contribution in [3.8, 4) is 5.75 Å². The fourth-order valence-electron chi connectivity index (χ4n) is 4.51. The fourth-order valence-corrected chi connectivity index (χ4v) is 4.51. The van der Waals surface area contributed by atoms with E-state index in [9.17, 15) is 5.11 Å². The molecular formula is C28H33NO2. The summed E-state index contributed by atoms with van der Waals surface area (Å²) in [5.74, 6) is 1.63. The number of hydrogen-bond donors (Lipinski definition) is 1. The van der Waals surface area contributed by atoms with Crippen LogP contribution >= 0.6 is 0 Å². The van der Waals surface area contributed by atoms with Gasteiger partial charge in [-0.25, -0.2) is 0 Å². The van der Waals surface area contributed by atoms with Gasteiger partial charge in [-0.05, 0) is 73.5 Å². The van der Waals surface area contributed by atoms with E-state index in [-0.39, 0.29) is 12.6 Å². The lowest BCUT2D eigenvalue weighted by Crippen LogP contribution is -2.44. The second-order valence-corrected chi connectivity index (χ2v) is 8.63. The van der Waals surface area contributed by atoms with Crippen LogP contribution in [0.2, 0.25) is 0 Å². The Kier molecular flexibility index (Phi) is 7.76. The molecule has 1 fully saturated rings. The second-order valence-electron chi connectivity index (χ2n) is 8.63. The number of ether oxygens (including phenoxy) is 1. The molecule has 0 radical (unpaired) electrons. The number of nitrogens with zero attached hydrogens (tertiary/aromatic N) is 1. The van der Waals surface area contributed by atoms with Gasteiger partial charge in [0.15, 0.2) is 0 Å². The first kappa shape index (κ1) is 21.6. The first-order valence-corrected chi connectivity index (χ1v) is 11.4. The molecule has 0 amide bonds. The Morgan fingerprint density at radius 3 is 2.00 bits per heavy atom. The van der Waals surface area contributed by atoms with Crippen molar-refractivity contribution >= 4 is 0 Å². The summed E-state index contributed by atoms with van der Waals surface area (Å²) in [4.78, 5) is 2.47. The zero-order valence-electron chi connectivity index (χ0n) is 18.2. The minimum Gasteiger partial charge on any atom is -0.489 e. The van der Waals surface area contributed by atoms with E-state index >= 15 is 0 Å². The molecule has 162 valence electrons. The molecule has 3 nitrogen and oxygen atoms in total. The summed E-state index contributed by atoms with van der Waals surface area (Å²) in [6, 6.07) is 29.6. The van der Waals surface area contributed by atoms with E-state index in [4.69, 9.17) is 4.74 Å². The molecule has 0 bridgehead atoms. The molecule has 31 heavy (non-hydrogen) atoms. The fraction of sp³-hybridized carbons (Fsp3) is 0.357. The van der Waals surface area contributed by atoms with Crippen molar-refractivity contribution in [2.24, 2.45) is 5.92 Å². The molecule has 1 aliphatic rings. The van der Waals surface area contributed by atoms with Crippen LogP contribution in [0.1, 0.15) is 29.5 Å². The minimum atomic E-state index is 0.189. The smallest absolute Gasteiger partial charge is 0.119 e. The quantitative estimate of drug-likeness (QED) is 0.526. The Bertz CT molecular complexity index is 887. The van der Waals surface area contributed by atoms with E-state index in [0.29, 0.717) is 6.61 Å². The van der Waals surface area contributed by atoms with Gasteiger partial charge >= 0.3 is 0 Å². The Morgan fingerprint density at radius 2 is 1.39 bits per heavy atom. The summed E-state index contributed by atoms with van der Waals surface area (Å²) >= 11 is 0. The van der Waals surface area contributed by atoms with Gasteiger partial charge in [-0.3, -0.25) is 4.90 Å². The van der Waals surface area contributed by atoms with Gasteiger partial charge in [-0.1, -0.05) is 72.8 Å². The standard InChI is InChI=1S/C28H33NO2/c30-21-27(29-17-15-25(16-18-29)19-23-7-3-1-4-8-23)20-24-11-13-28(14-12-24)31-22-26-9-5-2-6-10-26/h1-14,25,27,30H,15-22H2. The lowest BCUT2D eigenvalue weighted by atomic mass is 9.89. The Morgan fingerprint density at radius 1 is 0.774 bits per heavy atom. The lowest BCUT2D eigenvalue weighted by molar-refractivity contribution is 0.0865. The number of benzene rings is 3. The molecule has 1 aliphatic heterocycles. The van der Waals surface area contributed by atoms with E-state index in [0.717, 1.165) is 31.2 Å². The van der Waals surface area contributed by atoms with Gasteiger partial charge in [0.2, 0.25) is 0 Å². The zero-order valence-corrected chi connectivity index (χ0v) is 18.2. The summed E-state index contributed by atoms with van der Waals surface area (Å²) < 4.78 is 5.90. The molecular weight excluding hydrogens is 382 g/mol. The van der Waals surface area contributed by atoms with Crippen LogP contribution in [0, 0.1) is 5.92 Å². The van der Waals surface area contributed by atoms with Crippen molar-refractivity contribution in [3.05, 3.63) is 102 Å². The van der Waals surface area contributed by atoms with Crippen LogP contribution in [0.3, 0.4) is 0 Å². The van der Waals surface area contributed by atoms with E-state index in [2.05, 4.69) is 59.5 Å². The van der Waals surface area contributed by atoms with Gasteiger partial charge in [0.1, 0.15) is 12.4 Å². The van der Waals surface area contributed by atoms with Crippen molar-refractivity contribution in [3.63, 3.8) is 0 Å². The average Bonchev–Trinajstić information content (AvgIpc) is 2.84. The first-order chi connectivity index (χ1) is 15.3. The van der Waals surface area contributed by atoms with Crippen molar-refractivity contribution in [1.29, 1.82) is 0 Å². The minimum absolute atomic E-state index is 0.189. The van der Waals surface area contributed by atoms with Crippen LogP contribution in [0.25, 0.3) is 0 Å². The predicted octanol–water partition coefficient (Wildman–Crippen LogP) is 5.12. The number of likely N-dealkylation sites (tertiary alicyclic amines) is 1. The predicted molar refractivity (Wildman–Crippen MR) is 126 cm³/mol. The van der Waals surface area contributed by atoms with Gasteiger partial charge in [0, 0.05) is 6.04 Å². The van der Waals surface area contributed by atoms with Crippen molar-refractivity contribution in [2.45, 2.75) is 38.3 Å². The molecule has 3 aromatic rings. The molecule has 0 saturated carbocycles. The first-order valence-electron chi connectivity index (χ1n) is 11.4. The third kappa shape index (κ3) is 6.43. The summed E-state index contributed by atoms with van der Waals surface area (Å²) in [6.45, 7) is 2.93. The van der Waals surface area contributed by atoms with Crippen LogP contribution < -0.4 is 4.74 Å². The molecule has 1 N–H and O–H groups in total. The van der Waals surface area contributed by atoms with E-state index in [1.165, 1.54) is 36.0 Å². The third-order valence-electron chi connectivity index (χ3n) is 6.39. The van der Waals surface area contributed by atoms with Gasteiger partial charge in [-0.15, -0.1) is 0 Å². The highest BCUT2D eigenvalue weighted by Crippen LogP contribution is 2.24. The molecule has 3 heteroatoms. The second kappa shape index (κ2) is 11.1. The maximum absolute atomic E-state index is 10.0. The van der Waals surface area contributed by atoms with Crippen LogP contribution in [0.4, 0.5) is 0 Å². The number of piperidine rings is 1. The summed E-state index contributed by atoms with van der Waals surface area (Å²) in [6.07, 6.45) is 4.46. The number of rotatable bonds is 9. The van der Waals surface area contributed by atoms with Gasteiger partial charge in [-0.2, -0.15) is 0 Å². The molecule has 3 aromatic carbocycles.